The van der Waals surface area contributed by atoms with Crippen LogP contribution in [0.25, 0.3) is 6.08 Å². The first-order chi connectivity index (χ1) is 7.42. The summed E-state index contributed by atoms with van der Waals surface area (Å²) >= 11 is -1.83. The standard InChI is InChI=1S/C12H18GeO3/c1-13(2,3)9-10(12(14)15-4)8-11-6-5-7-16-11/h5-8H,9H2,1-4H3/b10-8+. The fraction of sp³-hybridized carbons (Fsp3) is 0.417. The number of methoxy groups -OCH3 is 1. The molecule has 1 aromatic heterocycles. The van der Waals surface area contributed by atoms with Crippen LogP contribution in [0.3, 0.4) is 0 Å². The van der Waals surface area contributed by atoms with Gasteiger partial charge in [-0.05, 0) is 0 Å². The molecule has 0 amide bonds. The first kappa shape index (κ1) is 13.1. The molecule has 4 heteroatoms. The van der Waals surface area contributed by atoms with Gasteiger partial charge in [0.05, 0.1) is 0 Å². The van der Waals surface area contributed by atoms with E-state index in [2.05, 4.69) is 17.3 Å². The summed E-state index contributed by atoms with van der Waals surface area (Å²) in [5, 5.41) is 0.841. The molecule has 0 aromatic carbocycles. The molecule has 1 aromatic rings. The van der Waals surface area contributed by atoms with Crippen molar-refractivity contribution < 1.29 is 13.9 Å². The Morgan fingerprint density at radius 1 is 1.50 bits per heavy atom. The second kappa shape index (κ2) is 5.39. The van der Waals surface area contributed by atoms with Crippen molar-refractivity contribution >= 4 is 25.3 Å². The zero-order chi connectivity index (χ0) is 12.2. The molecule has 0 spiro atoms. The van der Waals surface area contributed by atoms with Crippen molar-refractivity contribution in [2.24, 2.45) is 0 Å². The number of furan rings is 1. The topological polar surface area (TPSA) is 39.4 Å². The molecule has 0 bridgehead atoms. The van der Waals surface area contributed by atoms with Crippen molar-refractivity contribution in [1.29, 1.82) is 0 Å². The van der Waals surface area contributed by atoms with E-state index in [4.69, 9.17) is 9.15 Å². The van der Waals surface area contributed by atoms with Gasteiger partial charge in [-0.15, -0.1) is 0 Å². The molecule has 0 aliphatic heterocycles. The molecule has 1 heterocycles. The molecule has 0 saturated heterocycles. The van der Waals surface area contributed by atoms with Gasteiger partial charge in [-0.25, -0.2) is 0 Å². The van der Waals surface area contributed by atoms with Crippen LogP contribution in [0.1, 0.15) is 5.76 Å². The summed E-state index contributed by atoms with van der Waals surface area (Å²) in [5.74, 6) is 7.24. The van der Waals surface area contributed by atoms with E-state index in [1.165, 1.54) is 7.11 Å². The van der Waals surface area contributed by atoms with Crippen molar-refractivity contribution in [1.82, 2.24) is 0 Å². The number of esters is 1. The first-order valence-electron chi connectivity index (χ1n) is 5.25. The van der Waals surface area contributed by atoms with E-state index >= 15 is 0 Å². The van der Waals surface area contributed by atoms with E-state index < -0.39 is 13.3 Å². The van der Waals surface area contributed by atoms with Crippen molar-refractivity contribution in [3.63, 3.8) is 0 Å². The van der Waals surface area contributed by atoms with Gasteiger partial charge in [0.25, 0.3) is 0 Å². The Morgan fingerprint density at radius 3 is 2.62 bits per heavy atom. The van der Waals surface area contributed by atoms with Crippen LogP contribution in [-0.4, -0.2) is 26.3 Å². The van der Waals surface area contributed by atoms with E-state index in [1.807, 2.05) is 6.07 Å². The summed E-state index contributed by atoms with van der Waals surface area (Å²) in [4.78, 5) is 11.6. The third-order valence-electron chi connectivity index (χ3n) is 2.03. The molecule has 0 fully saturated rings. The van der Waals surface area contributed by atoms with Crippen molar-refractivity contribution in [3.05, 3.63) is 29.7 Å². The molecule has 0 radical (unpaired) electrons. The molecule has 0 aliphatic carbocycles. The summed E-state index contributed by atoms with van der Waals surface area (Å²) in [6.45, 7) is 0. The first-order valence-corrected chi connectivity index (χ1v) is 13.0. The third-order valence-corrected chi connectivity index (χ3v) is 5.05. The summed E-state index contributed by atoms with van der Waals surface area (Å²) in [5.41, 5.74) is 0.713. The predicted molar refractivity (Wildman–Crippen MR) is 66.9 cm³/mol. The van der Waals surface area contributed by atoms with Gasteiger partial charge in [0.1, 0.15) is 0 Å². The fourth-order valence-electron chi connectivity index (χ4n) is 1.43. The quantitative estimate of drug-likeness (QED) is 0.484. The molecule has 16 heavy (non-hydrogen) atoms. The van der Waals surface area contributed by atoms with Crippen LogP contribution in [-0.2, 0) is 9.53 Å². The Bertz CT molecular complexity index is 371. The predicted octanol–water partition coefficient (Wildman–Crippen LogP) is 3.17. The molecule has 0 atom stereocenters. The summed E-state index contributed by atoms with van der Waals surface area (Å²) in [6.07, 6.45) is 3.38. The van der Waals surface area contributed by atoms with Crippen LogP contribution in [0, 0.1) is 0 Å². The van der Waals surface area contributed by atoms with Gasteiger partial charge in [-0.3, -0.25) is 0 Å². The second-order valence-corrected chi connectivity index (χ2v) is 16.4. The van der Waals surface area contributed by atoms with Gasteiger partial charge in [0.15, 0.2) is 0 Å². The number of hydrogen-bond donors (Lipinski definition) is 0. The zero-order valence-electron chi connectivity index (χ0n) is 10.2. The molecule has 0 aliphatic rings. The molecule has 1 rings (SSSR count). The van der Waals surface area contributed by atoms with Gasteiger partial charge in [0, 0.05) is 0 Å². The van der Waals surface area contributed by atoms with E-state index in [1.54, 1.807) is 18.4 Å². The molecular weight excluding hydrogens is 265 g/mol. The number of carbonyl (C=O) groups is 1. The number of rotatable bonds is 4. The summed E-state index contributed by atoms with van der Waals surface area (Å²) in [6, 6.07) is 3.64. The molecule has 0 saturated carbocycles. The van der Waals surface area contributed by atoms with Gasteiger partial charge in [0.2, 0.25) is 0 Å². The average Bonchev–Trinajstić information content (AvgIpc) is 2.66. The SMILES string of the molecule is COC(=O)/C(=C/c1ccco1)[CH2][Ge]([CH3])([CH3])[CH3]. The van der Waals surface area contributed by atoms with Crippen LogP contribution in [0.15, 0.2) is 28.4 Å². The fourth-order valence-corrected chi connectivity index (χ4v) is 4.34. The van der Waals surface area contributed by atoms with E-state index in [0.717, 1.165) is 5.25 Å². The van der Waals surface area contributed by atoms with Gasteiger partial charge < -0.3 is 0 Å². The number of hydrogen-bond acceptors (Lipinski definition) is 3. The van der Waals surface area contributed by atoms with Crippen LogP contribution in [0.4, 0.5) is 0 Å². The van der Waals surface area contributed by atoms with E-state index in [0.29, 0.717) is 11.3 Å². The second-order valence-electron chi connectivity index (χ2n) is 4.91. The van der Waals surface area contributed by atoms with Crippen LogP contribution >= 0.6 is 0 Å². The zero-order valence-corrected chi connectivity index (χ0v) is 12.3. The Balaban J connectivity index is 2.92. The number of ether oxygens (including phenoxy) is 1. The maximum atomic E-state index is 11.6. The Hall–Kier alpha value is -0.967. The Kier molecular flexibility index (Phi) is 4.41. The minimum absolute atomic E-state index is 0.253. The van der Waals surface area contributed by atoms with Gasteiger partial charge in [-0.2, -0.15) is 0 Å². The minimum atomic E-state index is -1.83. The molecule has 88 valence electrons. The van der Waals surface area contributed by atoms with Gasteiger partial charge in [-0.1, -0.05) is 0 Å². The number of carbonyl (C=O) groups excluding carboxylic acids is 1. The Labute approximate surface area is 98.8 Å². The molecule has 0 N–H and O–H groups in total. The average molecular weight is 283 g/mol. The third kappa shape index (κ3) is 4.27. The summed E-state index contributed by atoms with van der Waals surface area (Å²) < 4.78 is 10.00. The van der Waals surface area contributed by atoms with Crippen LogP contribution in [0.2, 0.25) is 22.5 Å². The van der Waals surface area contributed by atoms with E-state index in [-0.39, 0.29) is 5.97 Å². The molecular formula is C12H18GeO3. The van der Waals surface area contributed by atoms with Crippen molar-refractivity contribution in [2.75, 3.05) is 7.11 Å². The molecule has 0 unspecified atom stereocenters. The van der Waals surface area contributed by atoms with Gasteiger partial charge >= 0.3 is 98.6 Å². The molecule has 3 nitrogen and oxygen atoms in total. The van der Waals surface area contributed by atoms with Crippen LogP contribution in [0.5, 0.6) is 0 Å². The van der Waals surface area contributed by atoms with E-state index in [9.17, 15) is 4.79 Å². The van der Waals surface area contributed by atoms with Crippen molar-refractivity contribution in [2.45, 2.75) is 22.5 Å². The van der Waals surface area contributed by atoms with Crippen molar-refractivity contribution in [3.8, 4) is 0 Å². The maximum absolute atomic E-state index is 11.6. The van der Waals surface area contributed by atoms with Crippen LogP contribution < -0.4 is 0 Å². The summed E-state index contributed by atoms with van der Waals surface area (Å²) in [7, 11) is 1.41. The normalized spacial score (nSPS) is 12.6. The monoisotopic (exact) mass is 284 g/mol. The Morgan fingerprint density at radius 2 is 2.19 bits per heavy atom.